The minimum atomic E-state index is 0.590. The quantitative estimate of drug-likeness (QED) is 0.807. The highest BCUT2D eigenvalue weighted by Crippen LogP contribution is 2.39. The van der Waals surface area contributed by atoms with Crippen LogP contribution >= 0.6 is 12.2 Å². The van der Waals surface area contributed by atoms with Gasteiger partial charge in [-0.2, -0.15) is 0 Å². The molecule has 1 aliphatic rings. The molecule has 0 unspecified atom stereocenters. The van der Waals surface area contributed by atoms with Crippen LogP contribution in [0.2, 0.25) is 0 Å². The summed E-state index contributed by atoms with van der Waals surface area (Å²) in [6, 6.07) is 6.42. The number of hydrogen-bond donors (Lipinski definition) is 1. The Morgan fingerprint density at radius 3 is 2.32 bits per heavy atom. The summed E-state index contributed by atoms with van der Waals surface area (Å²) in [7, 11) is 0. The van der Waals surface area contributed by atoms with E-state index in [1.807, 2.05) is 6.07 Å². The van der Waals surface area contributed by atoms with Gasteiger partial charge < -0.3 is 4.98 Å². The van der Waals surface area contributed by atoms with Crippen LogP contribution in [0.15, 0.2) is 18.2 Å². The highest BCUT2D eigenvalue weighted by molar-refractivity contribution is 7.71. The van der Waals surface area contributed by atoms with Crippen LogP contribution in [-0.2, 0) is 0 Å². The molecule has 0 saturated heterocycles. The molecule has 0 spiro atoms. The Morgan fingerprint density at radius 2 is 1.74 bits per heavy atom. The first-order chi connectivity index (χ1) is 9.04. The zero-order valence-electron chi connectivity index (χ0n) is 11.6. The van der Waals surface area contributed by atoms with Crippen LogP contribution in [-0.4, -0.2) is 9.97 Å². The molecule has 1 N–H and O–H groups in total. The number of H-pyrrole nitrogens is 1. The van der Waals surface area contributed by atoms with E-state index in [0.29, 0.717) is 10.6 Å². The third-order valence-electron chi connectivity index (χ3n) is 3.67. The Hall–Kier alpha value is -1.48. The second-order valence-electron chi connectivity index (χ2n) is 5.57. The van der Waals surface area contributed by atoms with Crippen molar-refractivity contribution in [3.8, 4) is 11.3 Å². The van der Waals surface area contributed by atoms with Gasteiger partial charge in [-0.05, 0) is 50.8 Å². The SMILES string of the molecule is Cc1cc(C)c(-c2cc(=S)nc(C3CC3)[nH]2)c(C)c1. The Bertz CT molecular complexity index is 673. The van der Waals surface area contributed by atoms with Gasteiger partial charge in [-0.3, -0.25) is 0 Å². The average Bonchev–Trinajstić information content (AvgIpc) is 3.10. The molecule has 1 fully saturated rings. The Labute approximate surface area is 118 Å². The first kappa shape index (κ1) is 12.5. The summed E-state index contributed by atoms with van der Waals surface area (Å²) in [5.41, 5.74) is 6.25. The minimum Gasteiger partial charge on any atom is -0.343 e. The van der Waals surface area contributed by atoms with Crippen LogP contribution in [0.4, 0.5) is 0 Å². The lowest BCUT2D eigenvalue weighted by atomic mass is 9.97. The zero-order chi connectivity index (χ0) is 13.6. The molecule has 98 valence electrons. The maximum Gasteiger partial charge on any atom is 0.130 e. The summed E-state index contributed by atoms with van der Waals surface area (Å²) < 4.78 is 0.690. The summed E-state index contributed by atoms with van der Waals surface area (Å²) in [6.07, 6.45) is 2.46. The van der Waals surface area contributed by atoms with Gasteiger partial charge >= 0.3 is 0 Å². The molecule has 0 atom stereocenters. The summed E-state index contributed by atoms with van der Waals surface area (Å²) >= 11 is 5.32. The number of hydrogen-bond acceptors (Lipinski definition) is 2. The van der Waals surface area contributed by atoms with Gasteiger partial charge in [-0.25, -0.2) is 4.98 Å². The van der Waals surface area contributed by atoms with Crippen LogP contribution < -0.4 is 0 Å². The summed E-state index contributed by atoms with van der Waals surface area (Å²) in [5.74, 6) is 1.65. The fraction of sp³-hybridized carbons (Fsp3) is 0.375. The average molecular weight is 270 g/mol. The normalized spacial score (nSPS) is 14.7. The van der Waals surface area contributed by atoms with Gasteiger partial charge in [0.25, 0.3) is 0 Å². The van der Waals surface area contributed by atoms with E-state index in [1.54, 1.807) is 0 Å². The van der Waals surface area contributed by atoms with Crippen molar-refractivity contribution in [2.75, 3.05) is 0 Å². The zero-order valence-corrected chi connectivity index (χ0v) is 12.4. The molecule has 3 rings (SSSR count). The van der Waals surface area contributed by atoms with E-state index in [4.69, 9.17) is 12.2 Å². The molecular weight excluding hydrogens is 252 g/mol. The second-order valence-corrected chi connectivity index (χ2v) is 5.98. The summed E-state index contributed by atoms with van der Waals surface area (Å²) in [6.45, 7) is 6.45. The number of benzene rings is 1. The first-order valence-electron chi connectivity index (χ1n) is 6.74. The van der Waals surface area contributed by atoms with E-state index in [0.717, 1.165) is 11.5 Å². The molecule has 2 nitrogen and oxygen atoms in total. The number of rotatable bonds is 2. The molecule has 0 aliphatic heterocycles. The largest absolute Gasteiger partial charge is 0.343 e. The van der Waals surface area contributed by atoms with Crippen molar-refractivity contribution in [3.05, 3.63) is 45.4 Å². The van der Waals surface area contributed by atoms with Gasteiger partial charge in [0.05, 0.1) is 5.69 Å². The van der Waals surface area contributed by atoms with Gasteiger partial charge in [0, 0.05) is 11.5 Å². The Balaban J connectivity index is 2.19. The molecular formula is C16H18N2S. The van der Waals surface area contributed by atoms with Crippen molar-refractivity contribution < 1.29 is 0 Å². The topological polar surface area (TPSA) is 28.7 Å². The van der Waals surface area contributed by atoms with Gasteiger partial charge in [-0.15, -0.1) is 0 Å². The van der Waals surface area contributed by atoms with E-state index in [2.05, 4.69) is 42.9 Å². The van der Waals surface area contributed by atoms with Crippen molar-refractivity contribution in [1.29, 1.82) is 0 Å². The second kappa shape index (κ2) is 4.57. The molecule has 1 heterocycles. The number of aromatic nitrogens is 2. The smallest absolute Gasteiger partial charge is 0.130 e. The third-order valence-corrected chi connectivity index (χ3v) is 3.88. The highest BCUT2D eigenvalue weighted by Gasteiger charge is 2.26. The molecule has 1 aromatic carbocycles. The Kier molecular flexibility index (Phi) is 3.02. The third kappa shape index (κ3) is 2.47. The molecule has 3 heteroatoms. The van der Waals surface area contributed by atoms with Crippen LogP contribution in [0.5, 0.6) is 0 Å². The lowest BCUT2D eigenvalue weighted by molar-refractivity contribution is 0.923. The molecule has 19 heavy (non-hydrogen) atoms. The number of nitrogens with zero attached hydrogens (tertiary/aromatic N) is 1. The van der Waals surface area contributed by atoms with Gasteiger partial charge in [0.15, 0.2) is 0 Å². The lowest BCUT2D eigenvalue weighted by Crippen LogP contribution is -1.98. The predicted octanol–water partition coefficient (Wildman–Crippen LogP) is 4.61. The van der Waals surface area contributed by atoms with Gasteiger partial charge in [0.1, 0.15) is 10.5 Å². The van der Waals surface area contributed by atoms with Crippen molar-refractivity contribution in [2.24, 2.45) is 0 Å². The molecule has 0 radical (unpaired) electrons. The minimum absolute atomic E-state index is 0.590. The van der Waals surface area contributed by atoms with E-state index in [1.165, 1.54) is 35.1 Å². The van der Waals surface area contributed by atoms with E-state index in [-0.39, 0.29) is 0 Å². The molecule has 1 aromatic heterocycles. The standard InChI is InChI=1S/C16H18N2S/c1-9-6-10(2)15(11(3)7-9)13-8-14(19)18-16(17-13)12-4-5-12/h6-8,12H,4-5H2,1-3H3,(H,17,18,19). The van der Waals surface area contributed by atoms with Crippen LogP contribution in [0.1, 0.15) is 41.3 Å². The highest BCUT2D eigenvalue weighted by atomic mass is 32.1. The fourth-order valence-electron chi connectivity index (χ4n) is 2.77. The maximum atomic E-state index is 5.32. The first-order valence-corrected chi connectivity index (χ1v) is 7.15. The van der Waals surface area contributed by atoms with Crippen molar-refractivity contribution in [2.45, 2.75) is 39.5 Å². The van der Waals surface area contributed by atoms with Crippen molar-refractivity contribution in [3.63, 3.8) is 0 Å². The van der Waals surface area contributed by atoms with E-state index in [9.17, 15) is 0 Å². The summed E-state index contributed by atoms with van der Waals surface area (Å²) in [5, 5.41) is 0. The number of aryl methyl sites for hydroxylation is 3. The van der Waals surface area contributed by atoms with Crippen LogP contribution in [0.25, 0.3) is 11.3 Å². The lowest BCUT2D eigenvalue weighted by Gasteiger charge is -2.12. The molecule has 0 bridgehead atoms. The molecule has 1 saturated carbocycles. The van der Waals surface area contributed by atoms with Gasteiger partial charge in [0.2, 0.25) is 0 Å². The number of aromatic amines is 1. The monoisotopic (exact) mass is 270 g/mol. The van der Waals surface area contributed by atoms with E-state index >= 15 is 0 Å². The van der Waals surface area contributed by atoms with Crippen molar-refractivity contribution in [1.82, 2.24) is 9.97 Å². The van der Waals surface area contributed by atoms with Crippen molar-refractivity contribution >= 4 is 12.2 Å². The number of nitrogens with one attached hydrogen (secondary N) is 1. The van der Waals surface area contributed by atoms with Gasteiger partial charge in [-0.1, -0.05) is 29.9 Å². The molecule has 0 amide bonds. The van der Waals surface area contributed by atoms with Crippen LogP contribution in [0, 0.1) is 25.4 Å². The fourth-order valence-corrected chi connectivity index (χ4v) is 2.98. The maximum absolute atomic E-state index is 5.32. The summed E-state index contributed by atoms with van der Waals surface area (Å²) in [4.78, 5) is 7.94. The molecule has 1 aliphatic carbocycles. The molecule has 2 aromatic rings. The predicted molar refractivity (Wildman–Crippen MR) is 81.0 cm³/mol. The Morgan fingerprint density at radius 1 is 1.11 bits per heavy atom. The van der Waals surface area contributed by atoms with Crippen LogP contribution in [0.3, 0.4) is 0 Å². The van der Waals surface area contributed by atoms with E-state index < -0.39 is 0 Å².